The third kappa shape index (κ3) is 4.92. The van der Waals surface area contributed by atoms with Gasteiger partial charge in [-0.2, -0.15) is 0 Å². The lowest BCUT2D eigenvalue weighted by molar-refractivity contribution is -0.0387. The lowest BCUT2D eigenvalue weighted by atomic mass is 10.1. The molecule has 0 aromatic carbocycles. The molecular weight excluding hydrogens is 214 g/mol. The molecule has 1 N–H and O–H groups in total. The molecule has 1 rings (SSSR count). The van der Waals surface area contributed by atoms with Gasteiger partial charge in [0.25, 0.3) is 0 Å². The Kier molecular flexibility index (Phi) is 5.22. The minimum Gasteiger partial charge on any atom is -0.467 e. The van der Waals surface area contributed by atoms with Gasteiger partial charge >= 0.3 is 0 Å². The van der Waals surface area contributed by atoms with Gasteiger partial charge in [-0.3, -0.25) is 0 Å². The van der Waals surface area contributed by atoms with Crippen LogP contribution in [0.4, 0.5) is 0 Å². The molecule has 17 heavy (non-hydrogen) atoms. The van der Waals surface area contributed by atoms with Crippen LogP contribution in [0, 0.1) is 0 Å². The van der Waals surface area contributed by atoms with Crippen LogP contribution in [-0.2, 0) is 17.9 Å². The van der Waals surface area contributed by atoms with E-state index in [-0.39, 0.29) is 5.60 Å². The van der Waals surface area contributed by atoms with E-state index < -0.39 is 0 Å². The Labute approximate surface area is 105 Å². The minimum atomic E-state index is -0.0878. The Balaban J connectivity index is 2.51. The largest absolute Gasteiger partial charge is 0.467 e. The standard InChI is InChI=1S/C14H25NO2/c1-6-14(4,5)17-10-13-12(7-8-16-13)9-15-11(2)3/h7-8,11,15H,6,9-10H2,1-5H3. The van der Waals surface area contributed by atoms with Crippen molar-refractivity contribution in [2.75, 3.05) is 0 Å². The second-order valence-electron chi connectivity index (χ2n) is 5.31. The van der Waals surface area contributed by atoms with E-state index in [1.165, 1.54) is 5.56 Å². The van der Waals surface area contributed by atoms with Crippen LogP contribution in [0.15, 0.2) is 16.7 Å². The van der Waals surface area contributed by atoms with Gasteiger partial charge in [-0.15, -0.1) is 0 Å². The van der Waals surface area contributed by atoms with Crippen LogP contribution in [0.5, 0.6) is 0 Å². The molecule has 0 unspecified atom stereocenters. The maximum Gasteiger partial charge on any atom is 0.133 e. The Hall–Kier alpha value is -0.800. The summed E-state index contributed by atoms with van der Waals surface area (Å²) in [6.07, 6.45) is 2.72. The average molecular weight is 239 g/mol. The fraction of sp³-hybridized carbons (Fsp3) is 0.714. The molecule has 0 amide bonds. The number of hydrogen-bond donors (Lipinski definition) is 1. The Morgan fingerprint density at radius 3 is 2.71 bits per heavy atom. The van der Waals surface area contributed by atoms with E-state index >= 15 is 0 Å². The van der Waals surface area contributed by atoms with Crippen LogP contribution in [-0.4, -0.2) is 11.6 Å². The van der Waals surface area contributed by atoms with Crippen molar-refractivity contribution >= 4 is 0 Å². The summed E-state index contributed by atoms with van der Waals surface area (Å²) in [4.78, 5) is 0. The van der Waals surface area contributed by atoms with Crippen molar-refractivity contribution in [1.82, 2.24) is 5.32 Å². The maximum absolute atomic E-state index is 5.85. The van der Waals surface area contributed by atoms with E-state index in [1.54, 1.807) is 6.26 Å². The highest BCUT2D eigenvalue weighted by Gasteiger charge is 2.17. The molecule has 0 bridgehead atoms. The third-order valence-corrected chi connectivity index (χ3v) is 2.98. The van der Waals surface area contributed by atoms with E-state index in [1.807, 2.05) is 6.07 Å². The lowest BCUT2D eigenvalue weighted by Gasteiger charge is -2.23. The zero-order valence-electron chi connectivity index (χ0n) is 11.7. The van der Waals surface area contributed by atoms with E-state index in [2.05, 4.69) is 39.9 Å². The summed E-state index contributed by atoms with van der Waals surface area (Å²) in [6.45, 7) is 12.0. The van der Waals surface area contributed by atoms with Crippen molar-refractivity contribution in [2.24, 2.45) is 0 Å². The molecule has 0 aliphatic carbocycles. The van der Waals surface area contributed by atoms with Gasteiger partial charge in [-0.05, 0) is 26.3 Å². The predicted octanol–water partition coefficient (Wildman–Crippen LogP) is 3.48. The molecule has 0 spiro atoms. The Morgan fingerprint density at radius 2 is 2.12 bits per heavy atom. The third-order valence-electron chi connectivity index (χ3n) is 2.98. The predicted molar refractivity (Wildman–Crippen MR) is 69.8 cm³/mol. The van der Waals surface area contributed by atoms with Crippen LogP contribution in [0.3, 0.4) is 0 Å². The molecule has 0 saturated carbocycles. The molecule has 0 fully saturated rings. The number of hydrogen-bond acceptors (Lipinski definition) is 3. The normalized spacial score (nSPS) is 12.4. The molecule has 0 radical (unpaired) electrons. The maximum atomic E-state index is 5.85. The smallest absolute Gasteiger partial charge is 0.133 e. The molecule has 0 atom stereocenters. The van der Waals surface area contributed by atoms with Crippen LogP contribution >= 0.6 is 0 Å². The Morgan fingerprint density at radius 1 is 1.41 bits per heavy atom. The number of rotatable bonds is 7. The van der Waals surface area contributed by atoms with Crippen molar-refractivity contribution in [1.29, 1.82) is 0 Å². The second-order valence-corrected chi connectivity index (χ2v) is 5.31. The molecule has 1 heterocycles. The van der Waals surface area contributed by atoms with Gasteiger partial charge < -0.3 is 14.5 Å². The molecule has 0 aliphatic rings. The van der Waals surface area contributed by atoms with E-state index in [9.17, 15) is 0 Å². The van der Waals surface area contributed by atoms with Gasteiger partial charge in [-0.1, -0.05) is 20.8 Å². The SMILES string of the molecule is CCC(C)(C)OCc1occc1CNC(C)C. The van der Waals surface area contributed by atoms with E-state index in [0.717, 1.165) is 18.7 Å². The number of nitrogens with one attached hydrogen (secondary N) is 1. The summed E-state index contributed by atoms with van der Waals surface area (Å²) in [5, 5.41) is 3.38. The van der Waals surface area contributed by atoms with Gasteiger partial charge in [0.1, 0.15) is 12.4 Å². The number of furan rings is 1. The summed E-state index contributed by atoms with van der Waals surface area (Å²) < 4.78 is 11.3. The lowest BCUT2D eigenvalue weighted by Crippen LogP contribution is -2.24. The number of ether oxygens (including phenoxy) is 1. The summed E-state index contributed by atoms with van der Waals surface area (Å²) in [6, 6.07) is 2.48. The first-order chi connectivity index (χ1) is 7.94. The monoisotopic (exact) mass is 239 g/mol. The van der Waals surface area contributed by atoms with Crippen LogP contribution < -0.4 is 5.32 Å². The van der Waals surface area contributed by atoms with Crippen molar-refractivity contribution in [2.45, 2.75) is 65.8 Å². The summed E-state index contributed by atoms with van der Waals surface area (Å²) in [7, 11) is 0. The second kappa shape index (κ2) is 6.22. The first-order valence-corrected chi connectivity index (χ1v) is 6.37. The van der Waals surface area contributed by atoms with Crippen LogP contribution in [0.1, 0.15) is 52.4 Å². The summed E-state index contributed by atoms with van der Waals surface area (Å²) >= 11 is 0. The highest BCUT2D eigenvalue weighted by Crippen LogP contribution is 2.19. The molecule has 1 aromatic heterocycles. The fourth-order valence-electron chi connectivity index (χ4n) is 1.33. The molecule has 0 aliphatic heterocycles. The zero-order chi connectivity index (χ0) is 12.9. The zero-order valence-corrected chi connectivity index (χ0v) is 11.7. The van der Waals surface area contributed by atoms with Gasteiger partial charge in [0.15, 0.2) is 0 Å². The van der Waals surface area contributed by atoms with Crippen LogP contribution in [0.25, 0.3) is 0 Å². The molecule has 3 nitrogen and oxygen atoms in total. The molecule has 3 heteroatoms. The topological polar surface area (TPSA) is 34.4 Å². The molecule has 0 saturated heterocycles. The highest BCUT2D eigenvalue weighted by molar-refractivity contribution is 5.16. The van der Waals surface area contributed by atoms with Crippen LogP contribution in [0.2, 0.25) is 0 Å². The molecule has 1 aromatic rings. The molecular formula is C14H25NO2. The van der Waals surface area contributed by atoms with Crippen molar-refractivity contribution in [3.8, 4) is 0 Å². The quantitative estimate of drug-likeness (QED) is 0.791. The summed E-state index contributed by atoms with van der Waals surface area (Å²) in [5.74, 6) is 0.930. The Bertz CT molecular complexity index is 329. The molecule has 98 valence electrons. The summed E-state index contributed by atoms with van der Waals surface area (Å²) in [5.41, 5.74) is 1.10. The van der Waals surface area contributed by atoms with Gasteiger partial charge in [0, 0.05) is 18.2 Å². The van der Waals surface area contributed by atoms with Crippen molar-refractivity contribution in [3.05, 3.63) is 23.7 Å². The van der Waals surface area contributed by atoms with E-state index in [4.69, 9.17) is 9.15 Å². The highest BCUT2D eigenvalue weighted by atomic mass is 16.5. The van der Waals surface area contributed by atoms with Crippen molar-refractivity contribution < 1.29 is 9.15 Å². The van der Waals surface area contributed by atoms with E-state index in [0.29, 0.717) is 12.6 Å². The van der Waals surface area contributed by atoms with Gasteiger partial charge in [-0.25, -0.2) is 0 Å². The minimum absolute atomic E-state index is 0.0878. The fourth-order valence-corrected chi connectivity index (χ4v) is 1.33. The van der Waals surface area contributed by atoms with Gasteiger partial charge in [0.05, 0.1) is 11.9 Å². The first-order valence-electron chi connectivity index (χ1n) is 6.37. The first kappa shape index (κ1) is 14.3. The van der Waals surface area contributed by atoms with Gasteiger partial charge in [0.2, 0.25) is 0 Å². The van der Waals surface area contributed by atoms with Crippen molar-refractivity contribution in [3.63, 3.8) is 0 Å². The average Bonchev–Trinajstić information content (AvgIpc) is 2.71.